The van der Waals surface area contributed by atoms with Gasteiger partial charge in [-0.15, -0.1) is 0 Å². The fourth-order valence-corrected chi connectivity index (χ4v) is 1.89. The van der Waals surface area contributed by atoms with Crippen molar-refractivity contribution >= 4 is 33.7 Å². The van der Waals surface area contributed by atoms with Crippen molar-refractivity contribution in [3.05, 3.63) is 64.8 Å². The molecule has 21 heavy (non-hydrogen) atoms. The lowest BCUT2D eigenvalue weighted by atomic mass is 10.2. The normalized spacial score (nSPS) is 10.4. The standard InChI is InChI=1S/C16H15BrN2O2/c1-21-15-8-6-14(7-9-15)19-16(20)18-11-10-12-2-4-13(17)5-3-12/h2-11H,1H3,(H2,18,19,20)/b11-10+. The number of ether oxygens (including phenoxy) is 1. The Hall–Kier alpha value is -2.27. The minimum absolute atomic E-state index is 0.298. The molecule has 108 valence electrons. The van der Waals surface area contributed by atoms with E-state index in [4.69, 9.17) is 4.74 Å². The summed E-state index contributed by atoms with van der Waals surface area (Å²) in [5.41, 5.74) is 1.70. The highest BCUT2D eigenvalue weighted by Gasteiger charge is 1.99. The first-order valence-electron chi connectivity index (χ1n) is 6.31. The van der Waals surface area contributed by atoms with Crippen molar-refractivity contribution in [1.29, 1.82) is 0 Å². The molecule has 0 bridgehead atoms. The number of benzene rings is 2. The van der Waals surface area contributed by atoms with Gasteiger partial charge in [-0.2, -0.15) is 0 Å². The topological polar surface area (TPSA) is 50.4 Å². The predicted molar refractivity (Wildman–Crippen MR) is 88.3 cm³/mol. The average Bonchev–Trinajstić information content (AvgIpc) is 2.50. The van der Waals surface area contributed by atoms with Gasteiger partial charge in [-0.25, -0.2) is 4.79 Å². The molecule has 2 rings (SSSR count). The van der Waals surface area contributed by atoms with Crippen molar-refractivity contribution in [2.45, 2.75) is 0 Å². The first-order chi connectivity index (χ1) is 10.2. The van der Waals surface area contributed by atoms with E-state index in [1.807, 2.05) is 30.3 Å². The number of hydrogen-bond acceptors (Lipinski definition) is 2. The fourth-order valence-electron chi connectivity index (χ4n) is 1.63. The van der Waals surface area contributed by atoms with Gasteiger partial charge in [0.05, 0.1) is 7.11 Å². The Morgan fingerprint density at radius 1 is 1.10 bits per heavy atom. The highest BCUT2D eigenvalue weighted by atomic mass is 79.9. The smallest absolute Gasteiger partial charge is 0.323 e. The van der Waals surface area contributed by atoms with Gasteiger partial charge in [0.1, 0.15) is 5.75 Å². The molecule has 0 aliphatic rings. The lowest BCUT2D eigenvalue weighted by molar-refractivity contribution is 0.255. The second-order valence-corrected chi connectivity index (χ2v) is 5.13. The molecule has 0 heterocycles. The van der Waals surface area contributed by atoms with Gasteiger partial charge in [0.15, 0.2) is 0 Å². The summed E-state index contributed by atoms with van der Waals surface area (Å²) in [6, 6.07) is 14.6. The highest BCUT2D eigenvalue weighted by molar-refractivity contribution is 9.10. The van der Waals surface area contributed by atoms with E-state index in [2.05, 4.69) is 26.6 Å². The number of amides is 2. The van der Waals surface area contributed by atoms with E-state index in [9.17, 15) is 4.79 Å². The summed E-state index contributed by atoms with van der Waals surface area (Å²) in [6.07, 6.45) is 3.42. The molecular formula is C16H15BrN2O2. The number of urea groups is 1. The van der Waals surface area contributed by atoms with Crippen molar-refractivity contribution < 1.29 is 9.53 Å². The maximum atomic E-state index is 11.7. The first kappa shape index (κ1) is 15.1. The molecule has 4 nitrogen and oxygen atoms in total. The van der Waals surface area contributed by atoms with E-state index in [1.165, 1.54) is 0 Å². The van der Waals surface area contributed by atoms with Crippen LogP contribution >= 0.6 is 15.9 Å². The van der Waals surface area contributed by atoms with Crippen molar-refractivity contribution in [2.24, 2.45) is 0 Å². The maximum absolute atomic E-state index is 11.7. The van der Waals surface area contributed by atoms with Gasteiger partial charge in [0.25, 0.3) is 0 Å². The second-order valence-electron chi connectivity index (χ2n) is 4.21. The van der Waals surface area contributed by atoms with E-state index >= 15 is 0 Å². The molecule has 0 aromatic heterocycles. The molecule has 0 radical (unpaired) electrons. The van der Waals surface area contributed by atoms with Crippen molar-refractivity contribution in [3.63, 3.8) is 0 Å². The quantitative estimate of drug-likeness (QED) is 0.869. The van der Waals surface area contributed by atoms with Gasteiger partial charge in [-0.1, -0.05) is 28.1 Å². The summed E-state index contributed by atoms with van der Waals surface area (Å²) in [5.74, 6) is 0.746. The minimum Gasteiger partial charge on any atom is -0.497 e. The van der Waals surface area contributed by atoms with E-state index in [0.29, 0.717) is 5.69 Å². The van der Waals surface area contributed by atoms with Crippen LogP contribution in [0.4, 0.5) is 10.5 Å². The lowest BCUT2D eigenvalue weighted by Crippen LogP contribution is -2.23. The van der Waals surface area contributed by atoms with Crippen LogP contribution in [0.3, 0.4) is 0 Å². The molecule has 2 N–H and O–H groups in total. The summed E-state index contributed by atoms with van der Waals surface area (Å²) in [5, 5.41) is 5.37. The number of nitrogens with one attached hydrogen (secondary N) is 2. The summed E-state index contributed by atoms with van der Waals surface area (Å²) in [6.45, 7) is 0. The number of carbonyl (C=O) groups excluding carboxylic acids is 1. The summed E-state index contributed by atoms with van der Waals surface area (Å²) in [7, 11) is 1.60. The number of rotatable bonds is 4. The molecule has 5 heteroatoms. The van der Waals surface area contributed by atoms with Crippen LogP contribution in [-0.4, -0.2) is 13.1 Å². The molecule has 0 aliphatic carbocycles. The third-order valence-electron chi connectivity index (χ3n) is 2.71. The molecule has 2 amide bonds. The van der Waals surface area contributed by atoms with Gasteiger partial charge >= 0.3 is 6.03 Å². The molecule has 2 aromatic carbocycles. The zero-order valence-corrected chi connectivity index (χ0v) is 13.1. The Bertz CT molecular complexity index is 622. The Morgan fingerprint density at radius 2 is 1.76 bits per heavy atom. The third kappa shape index (κ3) is 4.96. The number of anilines is 1. The number of methoxy groups -OCH3 is 1. The maximum Gasteiger partial charge on any atom is 0.323 e. The molecule has 0 fully saturated rings. The molecule has 0 unspecified atom stereocenters. The molecule has 0 spiro atoms. The van der Waals surface area contributed by atoms with Gasteiger partial charge in [0, 0.05) is 16.4 Å². The molecule has 0 atom stereocenters. The molecular weight excluding hydrogens is 332 g/mol. The van der Waals surface area contributed by atoms with Crippen molar-refractivity contribution in [2.75, 3.05) is 12.4 Å². The summed E-state index contributed by atoms with van der Waals surface area (Å²) >= 11 is 3.37. The van der Waals surface area contributed by atoms with Crippen molar-refractivity contribution in [1.82, 2.24) is 5.32 Å². The molecule has 0 aliphatic heterocycles. The Morgan fingerprint density at radius 3 is 2.38 bits per heavy atom. The van der Waals surface area contributed by atoms with E-state index in [0.717, 1.165) is 15.8 Å². The molecule has 0 saturated heterocycles. The monoisotopic (exact) mass is 346 g/mol. The van der Waals surface area contributed by atoms with Crippen LogP contribution in [-0.2, 0) is 0 Å². The van der Waals surface area contributed by atoms with Gasteiger partial charge in [-0.3, -0.25) is 0 Å². The number of carbonyl (C=O) groups is 1. The second kappa shape index (κ2) is 7.50. The third-order valence-corrected chi connectivity index (χ3v) is 3.24. The number of halogens is 1. The van der Waals surface area contributed by atoms with E-state index < -0.39 is 0 Å². The Kier molecular flexibility index (Phi) is 5.40. The lowest BCUT2D eigenvalue weighted by Gasteiger charge is -2.05. The summed E-state index contributed by atoms with van der Waals surface area (Å²) in [4.78, 5) is 11.7. The van der Waals surface area contributed by atoms with Crippen LogP contribution in [0.25, 0.3) is 6.08 Å². The van der Waals surface area contributed by atoms with Gasteiger partial charge in [0.2, 0.25) is 0 Å². The van der Waals surface area contributed by atoms with Crippen LogP contribution in [0.5, 0.6) is 5.75 Å². The first-order valence-corrected chi connectivity index (χ1v) is 7.10. The van der Waals surface area contributed by atoms with Gasteiger partial charge in [-0.05, 0) is 48.0 Å². The Balaban J connectivity index is 1.85. The fraction of sp³-hybridized carbons (Fsp3) is 0.0625. The highest BCUT2D eigenvalue weighted by Crippen LogP contribution is 2.14. The largest absolute Gasteiger partial charge is 0.497 e. The zero-order valence-electron chi connectivity index (χ0n) is 11.5. The van der Waals surface area contributed by atoms with E-state index in [-0.39, 0.29) is 6.03 Å². The number of hydrogen-bond donors (Lipinski definition) is 2. The summed E-state index contributed by atoms with van der Waals surface area (Å²) < 4.78 is 6.07. The molecule has 0 saturated carbocycles. The average molecular weight is 347 g/mol. The SMILES string of the molecule is COc1ccc(NC(=O)N/C=C/c2ccc(Br)cc2)cc1. The zero-order chi connectivity index (χ0) is 15.1. The van der Waals surface area contributed by atoms with Crippen molar-refractivity contribution in [3.8, 4) is 5.75 Å². The Labute approximate surface area is 132 Å². The van der Waals surface area contributed by atoms with Crippen LogP contribution in [0.2, 0.25) is 0 Å². The van der Waals surface area contributed by atoms with Crippen LogP contribution < -0.4 is 15.4 Å². The predicted octanol–water partition coefficient (Wildman–Crippen LogP) is 4.25. The van der Waals surface area contributed by atoms with Crippen LogP contribution in [0.15, 0.2) is 59.2 Å². The van der Waals surface area contributed by atoms with E-state index in [1.54, 1.807) is 37.6 Å². The minimum atomic E-state index is -0.298. The van der Waals surface area contributed by atoms with Crippen LogP contribution in [0.1, 0.15) is 5.56 Å². The van der Waals surface area contributed by atoms with Crippen LogP contribution in [0, 0.1) is 0 Å². The molecule has 2 aromatic rings. The van der Waals surface area contributed by atoms with Gasteiger partial charge < -0.3 is 15.4 Å².